The molecule has 84 valence electrons. The lowest BCUT2D eigenvalue weighted by molar-refractivity contribution is 0.153. The maximum absolute atomic E-state index is 11.6. The molecule has 0 aliphatic carbocycles. The van der Waals surface area contributed by atoms with E-state index in [-0.39, 0.29) is 11.6 Å². The first-order valence-electron chi connectivity index (χ1n) is 5.47. The first-order chi connectivity index (χ1) is 6.45. The first-order valence-corrected chi connectivity index (χ1v) is 5.47. The van der Waals surface area contributed by atoms with Crippen molar-refractivity contribution < 1.29 is 4.79 Å². The van der Waals surface area contributed by atoms with E-state index in [0.29, 0.717) is 0 Å². The zero-order valence-corrected chi connectivity index (χ0v) is 10.2. The molecule has 0 aliphatic rings. The molecule has 0 heterocycles. The summed E-state index contributed by atoms with van der Waals surface area (Å²) >= 11 is 0. The predicted molar refractivity (Wildman–Crippen MR) is 60.4 cm³/mol. The highest BCUT2D eigenvalue weighted by molar-refractivity contribution is 5.74. The van der Waals surface area contributed by atoms with Crippen molar-refractivity contribution in [2.75, 3.05) is 13.6 Å². The Hall–Kier alpha value is -0.730. The van der Waals surface area contributed by atoms with E-state index in [4.69, 9.17) is 0 Å². The lowest BCUT2D eigenvalue weighted by Gasteiger charge is -2.34. The van der Waals surface area contributed by atoms with Gasteiger partial charge in [0.2, 0.25) is 0 Å². The van der Waals surface area contributed by atoms with Gasteiger partial charge in [0.05, 0.1) is 0 Å². The minimum atomic E-state index is -0.0592. The summed E-state index contributed by atoms with van der Waals surface area (Å²) in [6.07, 6.45) is 3.12. The smallest absolute Gasteiger partial charge is 0.317 e. The Morgan fingerprint density at radius 1 is 1.36 bits per heavy atom. The van der Waals surface area contributed by atoms with E-state index in [1.807, 2.05) is 7.05 Å². The van der Waals surface area contributed by atoms with Crippen LogP contribution in [0.1, 0.15) is 47.0 Å². The number of carbonyl (C=O) groups is 1. The third kappa shape index (κ3) is 3.99. The zero-order valence-electron chi connectivity index (χ0n) is 10.2. The summed E-state index contributed by atoms with van der Waals surface area (Å²) < 4.78 is 0. The van der Waals surface area contributed by atoms with Crippen LogP contribution in [0.15, 0.2) is 0 Å². The summed E-state index contributed by atoms with van der Waals surface area (Å²) in [5.74, 6) is 0. The SMILES string of the molecule is CCCCNC(=O)N(C)C(C)(C)CC. The molecule has 2 amide bonds. The summed E-state index contributed by atoms with van der Waals surface area (Å²) in [5, 5.41) is 2.91. The number of amides is 2. The molecule has 0 aliphatic heterocycles. The Morgan fingerprint density at radius 2 is 1.93 bits per heavy atom. The largest absolute Gasteiger partial charge is 0.338 e. The van der Waals surface area contributed by atoms with E-state index in [2.05, 4.69) is 33.0 Å². The van der Waals surface area contributed by atoms with Crippen molar-refractivity contribution in [3.05, 3.63) is 0 Å². The fourth-order valence-electron chi connectivity index (χ4n) is 1.00. The fraction of sp³-hybridized carbons (Fsp3) is 0.909. The van der Waals surface area contributed by atoms with E-state index in [0.717, 1.165) is 25.8 Å². The van der Waals surface area contributed by atoms with Crippen LogP contribution in [0.5, 0.6) is 0 Å². The van der Waals surface area contributed by atoms with Gasteiger partial charge in [-0.05, 0) is 26.7 Å². The minimum absolute atomic E-state index is 0.0327. The number of hydrogen-bond acceptors (Lipinski definition) is 1. The molecule has 3 nitrogen and oxygen atoms in total. The number of nitrogens with zero attached hydrogens (tertiary/aromatic N) is 1. The van der Waals surface area contributed by atoms with E-state index in [9.17, 15) is 4.79 Å². The van der Waals surface area contributed by atoms with Crippen LogP contribution in [-0.4, -0.2) is 30.1 Å². The predicted octanol–water partition coefficient (Wildman–Crippen LogP) is 2.62. The van der Waals surface area contributed by atoms with Crippen molar-refractivity contribution >= 4 is 6.03 Å². The Bertz CT molecular complexity index is 178. The van der Waals surface area contributed by atoms with E-state index >= 15 is 0 Å². The van der Waals surface area contributed by atoms with E-state index in [1.54, 1.807) is 4.90 Å². The Labute approximate surface area is 87.9 Å². The molecular weight excluding hydrogens is 176 g/mol. The monoisotopic (exact) mass is 200 g/mol. The molecule has 0 saturated heterocycles. The standard InChI is InChI=1S/C11H24N2O/c1-6-8-9-12-10(14)13(5)11(3,4)7-2/h6-9H2,1-5H3,(H,12,14). The maximum Gasteiger partial charge on any atom is 0.317 e. The number of nitrogens with one attached hydrogen (secondary N) is 1. The maximum atomic E-state index is 11.6. The number of unbranched alkanes of at least 4 members (excludes halogenated alkanes) is 1. The molecule has 0 unspecified atom stereocenters. The van der Waals surface area contributed by atoms with Crippen molar-refractivity contribution in [2.24, 2.45) is 0 Å². The van der Waals surface area contributed by atoms with Crippen LogP contribution in [0, 0.1) is 0 Å². The van der Waals surface area contributed by atoms with Crippen molar-refractivity contribution in [1.29, 1.82) is 0 Å². The Kier molecular flexibility index (Phi) is 5.58. The van der Waals surface area contributed by atoms with Gasteiger partial charge in [0.15, 0.2) is 0 Å². The van der Waals surface area contributed by atoms with E-state index < -0.39 is 0 Å². The van der Waals surface area contributed by atoms with Crippen LogP contribution in [0.4, 0.5) is 4.79 Å². The highest BCUT2D eigenvalue weighted by Gasteiger charge is 2.24. The average Bonchev–Trinajstić information content (AvgIpc) is 2.17. The molecule has 0 aromatic rings. The molecule has 0 rings (SSSR count). The highest BCUT2D eigenvalue weighted by atomic mass is 16.2. The lowest BCUT2D eigenvalue weighted by Crippen LogP contribution is -2.49. The third-order valence-electron chi connectivity index (χ3n) is 2.88. The Balaban J connectivity index is 3.99. The lowest BCUT2D eigenvalue weighted by atomic mass is 10.0. The number of rotatable bonds is 5. The molecule has 0 atom stereocenters. The quantitative estimate of drug-likeness (QED) is 0.680. The van der Waals surface area contributed by atoms with Gasteiger partial charge in [-0.1, -0.05) is 20.3 Å². The van der Waals surface area contributed by atoms with Gasteiger partial charge in [-0.2, -0.15) is 0 Å². The highest BCUT2D eigenvalue weighted by Crippen LogP contribution is 2.15. The molecular formula is C11H24N2O. The van der Waals surface area contributed by atoms with Gasteiger partial charge in [0.25, 0.3) is 0 Å². The molecule has 14 heavy (non-hydrogen) atoms. The summed E-state index contributed by atoms with van der Waals surface area (Å²) in [6, 6.07) is 0.0327. The number of hydrogen-bond donors (Lipinski definition) is 1. The second kappa shape index (κ2) is 5.89. The topological polar surface area (TPSA) is 32.3 Å². The summed E-state index contributed by atoms with van der Waals surface area (Å²) in [4.78, 5) is 13.4. The minimum Gasteiger partial charge on any atom is -0.338 e. The van der Waals surface area contributed by atoms with Gasteiger partial charge in [0.1, 0.15) is 0 Å². The molecule has 0 fully saturated rings. The van der Waals surface area contributed by atoms with E-state index in [1.165, 1.54) is 0 Å². The van der Waals surface area contributed by atoms with Crippen LogP contribution < -0.4 is 5.32 Å². The average molecular weight is 200 g/mol. The fourth-order valence-corrected chi connectivity index (χ4v) is 1.00. The van der Waals surface area contributed by atoms with Crippen LogP contribution >= 0.6 is 0 Å². The van der Waals surface area contributed by atoms with Crippen LogP contribution in [0.2, 0.25) is 0 Å². The first kappa shape index (κ1) is 13.3. The van der Waals surface area contributed by atoms with Gasteiger partial charge >= 0.3 is 6.03 Å². The molecule has 0 saturated carbocycles. The summed E-state index contributed by atoms with van der Waals surface area (Å²) in [6.45, 7) is 9.14. The van der Waals surface area contributed by atoms with Crippen molar-refractivity contribution in [1.82, 2.24) is 10.2 Å². The summed E-state index contributed by atoms with van der Waals surface area (Å²) in [7, 11) is 1.85. The molecule has 0 aromatic carbocycles. The van der Waals surface area contributed by atoms with Gasteiger partial charge in [0, 0.05) is 19.1 Å². The molecule has 0 bridgehead atoms. The third-order valence-corrected chi connectivity index (χ3v) is 2.88. The van der Waals surface area contributed by atoms with Crippen LogP contribution in [0.3, 0.4) is 0 Å². The second-order valence-corrected chi connectivity index (χ2v) is 4.31. The van der Waals surface area contributed by atoms with Gasteiger partial charge in [-0.25, -0.2) is 4.79 Å². The molecule has 0 spiro atoms. The molecule has 0 radical (unpaired) electrons. The van der Waals surface area contributed by atoms with Gasteiger partial charge in [-0.15, -0.1) is 0 Å². The van der Waals surface area contributed by atoms with Crippen molar-refractivity contribution in [3.63, 3.8) is 0 Å². The van der Waals surface area contributed by atoms with Gasteiger partial charge < -0.3 is 10.2 Å². The Morgan fingerprint density at radius 3 is 2.36 bits per heavy atom. The van der Waals surface area contributed by atoms with Crippen LogP contribution in [-0.2, 0) is 0 Å². The summed E-state index contributed by atoms with van der Waals surface area (Å²) in [5.41, 5.74) is -0.0592. The zero-order chi connectivity index (χ0) is 11.2. The second-order valence-electron chi connectivity index (χ2n) is 4.31. The normalized spacial score (nSPS) is 11.2. The van der Waals surface area contributed by atoms with Gasteiger partial charge in [-0.3, -0.25) is 0 Å². The molecule has 0 aromatic heterocycles. The molecule has 3 heteroatoms. The van der Waals surface area contributed by atoms with Crippen molar-refractivity contribution in [3.8, 4) is 0 Å². The number of urea groups is 1. The number of carbonyl (C=O) groups excluding carboxylic acids is 1. The molecule has 1 N–H and O–H groups in total. The van der Waals surface area contributed by atoms with Crippen molar-refractivity contribution in [2.45, 2.75) is 52.5 Å². The van der Waals surface area contributed by atoms with Crippen LogP contribution in [0.25, 0.3) is 0 Å².